The molecule has 1 aliphatic heterocycles. The summed E-state index contributed by atoms with van der Waals surface area (Å²) in [4.78, 5) is 26.1. The first-order valence-electron chi connectivity index (χ1n) is 8.82. The molecule has 1 atom stereocenters. The predicted octanol–water partition coefficient (Wildman–Crippen LogP) is 2.13. The Morgan fingerprint density at radius 2 is 1.75 bits per heavy atom. The molecule has 0 saturated carbocycles. The molecule has 1 heterocycles. The SMILES string of the molecule is O=C(Cc1ccccc1F)OCC(=O)N(c1ccccc1)[C@@H]1CCS(=O)(=O)C1. The predicted molar refractivity (Wildman–Crippen MR) is 102 cm³/mol. The van der Waals surface area contributed by atoms with Crippen LogP contribution in [0.4, 0.5) is 10.1 Å². The summed E-state index contributed by atoms with van der Waals surface area (Å²) in [6.07, 6.45) is 0.0369. The third kappa shape index (κ3) is 4.95. The summed E-state index contributed by atoms with van der Waals surface area (Å²) in [5, 5.41) is 0. The van der Waals surface area contributed by atoms with Crippen molar-refractivity contribution in [3.8, 4) is 0 Å². The van der Waals surface area contributed by atoms with Gasteiger partial charge >= 0.3 is 5.97 Å². The number of ether oxygens (including phenoxy) is 1. The van der Waals surface area contributed by atoms with Crippen LogP contribution in [0.3, 0.4) is 0 Å². The molecule has 6 nitrogen and oxygen atoms in total. The van der Waals surface area contributed by atoms with E-state index in [1.54, 1.807) is 36.4 Å². The number of hydrogen-bond donors (Lipinski definition) is 0. The molecule has 1 saturated heterocycles. The summed E-state index contributed by atoms with van der Waals surface area (Å²) < 4.78 is 42.3. The zero-order valence-electron chi connectivity index (χ0n) is 15.1. The molecule has 0 spiro atoms. The van der Waals surface area contributed by atoms with E-state index in [1.165, 1.54) is 23.1 Å². The van der Waals surface area contributed by atoms with Crippen LogP contribution in [-0.2, 0) is 30.6 Å². The molecule has 0 bridgehead atoms. The van der Waals surface area contributed by atoms with E-state index in [9.17, 15) is 22.4 Å². The molecule has 1 fully saturated rings. The molecule has 0 radical (unpaired) electrons. The molecule has 1 amide bonds. The molecule has 2 aromatic rings. The van der Waals surface area contributed by atoms with E-state index in [-0.39, 0.29) is 23.5 Å². The van der Waals surface area contributed by atoms with E-state index in [0.29, 0.717) is 12.1 Å². The quantitative estimate of drug-likeness (QED) is 0.688. The van der Waals surface area contributed by atoms with Crippen LogP contribution >= 0.6 is 0 Å². The lowest BCUT2D eigenvalue weighted by Gasteiger charge is -2.28. The number of benzene rings is 2. The van der Waals surface area contributed by atoms with Crippen molar-refractivity contribution in [2.75, 3.05) is 23.0 Å². The molecule has 0 unspecified atom stereocenters. The van der Waals surface area contributed by atoms with Gasteiger partial charge in [0, 0.05) is 5.69 Å². The summed E-state index contributed by atoms with van der Waals surface area (Å²) in [6, 6.07) is 14.0. The summed E-state index contributed by atoms with van der Waals surface area (Å²) in [6.45, 7) is -0.543. The number of esters is 1. The van der Waals surface area contributed by atoms with Crippen LogP contribution in [0.1, 0.15) is 12.0 Å². The molecule has 1 aliphatic rings. The van der Waals surface area contributed by atoms with Crippen molar-refractivity contribution in [2.45, 2.75) is 18.9 Å². The second-order valence-corrected chi connectivity index (χ2v) is 8.81. The maximum Gasteiger partial charge on any atom is 0.310 e. The average molecular weight is 405 g/mol. The van der Waals surface area contributed by atoms with Gasteiger partial charge in [0.25, 0.3) is 5.91 Å². The molecule has 0 aliphatic carbocycles. The van der Waals surface area contributed by atoms with Gasteiger partial charge in [0.1, 0.15) is 5.82 Å². The van der Waals surface area contributed by atoms with E-state index in [2.05, 4.69) is 0 Å². The Morgan fingerprint density at radius 3 is 2.39 bits per heavy atom. The zero-order chi connectivity index (χ0) is 20.1. The Hall–Kier alpha value is -2.74. The number of carbonyl (C=O) groups is 2. The molecule has 0 N–H and O–H groups in total. The van der Waals surface area contributed by atoms with Crippen molar-refractivity contribution in [1.82, 2.24) is 0 Å². The van der Waals surface area contributed by atoms with Gasteiger partial charge in [-0.05, 0) is 30.2 Å². The van der Waals surface area contributed by atoms with Gasteiger partial charge in [-0.1, -0.05) is 36.4 Å². The normalized spacial score (nSPS) is 17.8. The van der Waals surface area contributed by atoms with Crippen molar-refractivity contribution in [1.29, 1.82) is 0 Å². The highest BCUT2D eigenvalue weighted by atomic mass is 32.2. The van der Waals surface area contributed by atoms with E-state index in [0.717, 1.165) is 0 Å². The van der Waals surface area contributed by atoms with Crippen LogP contribution in [0.5, 0.6) is 0 Å². The maximum atomic E-state index is 13.6. The van der Waals surface area contributed by atoms with Crippen molar-refractivity contribution in [3.05, 3.63) is 66.0 Å². The van der Waals surface area contributed by atoms with Gasteiger partial charge in [0.05, 0.1) is 24.0 Å². The second kappa shape index (κ2) is 8.52. The largest absolute Gasteiger partial charge is 0.455 e. The highest BCUT2D eigenvalue weighted by molar-refractivity contribution is 7.91. The lowest BCUT2D eigenvalue weighted by molar-refractivity contribution is -0.147. The third-order valence-electron chi connectivity index (χ3n) is 4.53. The molecule has 2 aromatic carbocycles. The number of rotatable bonds is 6. The summed E-state index contributed by atoms with van der Waals surface area (Å²) in [5.41, 5.74) is 0.724. The third-order valence-corrected chi connectivity index (χ3v) is 6.28. The Kier molecular flexibility index (Phi) is 6.08. The Labute approximate surface area is 162 Å². The van der Waals surface area contributed by atoms with E-state index in [4.69, 9.17) is 4.74 Å². The summed E-state index contributed by atoms with van der Waals surface area (Å²) in [7, 11) is -3.20. The van der Waals surface area contributed by atoms with Crippen LogP contribution in [0.15, 0.2) is 54.6 Å². The fraction of sp³-hybridized carbons (Fsp3) is 0.300. The van der Waals surface area contributed by atoms with Crippen LogP contribution in [0.2, 0.25) is 0 Å². The van der Waals surface area contributed by atoms with Gasteiger partial charge in [0.2, 0.25) is 0 Å². The van der Waals surface area contributed by atoms with Crippen molar-refractivity contribution in [2.24, 2.45) is 0 Å². The first kappa shape index (κ1) is 20.0. The van der Waals surface area contributed by atoms with E-state index < -0.39 is 40.2 Å². The minimum absolute atomic E-state index is 0.0152. The minimum atomic E-state index is -3.20. The number of sulfone groups is 1. The fourth-order valence-corrected chi connectivity index (χ4v) is 4.89. The van der Waals surface area contributed by atoms with Crippen LogP contribution in [0, 0.1) is 5.82 Å². The monoisotopic (exact) mass is 405 g/mol. The lowest BCUT2D eigenvalue weighted by Crippen LogP contribution is -2.43. The van der Waals surface area contributed by atoms with E-state index in [1.807, 2.05) is 0 Å². The average Bonchev–Trinajstić information content (AvgIpc) is 3.02. The lowest BCUT2D eigenvalue weighted by atomic mass is 10.1. The van der Waals surface area contributed by atoms with Gasteiger partial charge in [0.15, 0.2) is 16.4 Å². The number of carbonyl (C=O) groups excluding carboxylic acids is 2. The maximum absolute atomic E-state index is 13.6. The first-order chi connectivity index (χ1) is 13.4. The van der Waals surface area contributed by atoms with Crippen LogP contribution in [0.25, 0.3) is 0 Å². The van der Waals surface area contributed by atoms with Crippen molar-refractivity contribution < 1.29 is 27.1 Å². The van der Waals surface area contributed by atoms with Gasteiger partial charge in [-0.2, -0.15) is 0 Å². The van der Waals surface area contributed by atoms with Crippen molar-refractivity contribution >= 4 is 27.4 Å². The summed E-state index contributed by atoms with van der Waals surface area (Å²) >= 11 is 0. The second-order valence-electron chi connectivity index (χ2n) is 6.59. The van der Waals surface area contributed by atoms with Crippen LogP contribution < -0.4 is 4.90 Å². The Bertz CT molecular complexity index is 962. The molecule has 3 rings (SSSR count). The number of nitrogens with zero attached hydrogens (tertiary/aromatic N) is 1. The number of amides is 1. The van der Waals surface area contributed by atoms with Crippen LogP contribution in [-0.4, -0.2) is 44.4 Å². The van der Waals surface area contributed by atoms with Gasteiger partial charge in [-0.25, -0.2) is 12.8 Å². The zero-order valence-corrected chi connectivity index (χ0v) is 15.9. The summed E-state index contributed by atoms with van der Waals surface area (Å²) in [5.74, 6) is -1.88. The number of halogens is 1. The molecular weight excluding hydrogens is 385 g/mol. The highest BCUT2D eigenvalue weighted by Crippen LogP contribution is 2.24. The van der Waals surface area contributed by atoms with Gasteiger partial charge < -0.3 is 9.64 Å². The number of hydrogen-bond acceptors (Lipinski definition) is 5. The first-order valence-corrected chi connectivity index (χ1v) is 10.6. The molecule has 148 valence electrons. The van der Waals surface area contributed by atoms with Gasteiger partial charge in [-0.3, -0.25) is 9.59 Å². The smallest absolute Gasteiger partial charge is 0.310 e. The number of para-hydroxylation sites is 1. The van der Waals surface area contributed by atoms with Gasteiger partial charge in [-0.15, -0.1) is 0 Å². The molecule has 28 heavy (non-hydrogen) atoms. The Morgan fingerprint density at radius 1 is 1.07 bits per heavy atom. The fourth-order valence-electron chi connectivity index (χ4n) is 3.19. The molecule has 0 aromatic heterocycles. The standard InChI is InChI=1S/C20H20FNO5S/c21-18-9-5-4-6-15(18)12-20(24)27-13-19(23)22(16-7-2-1-3-8-16)17-10-11-28(25,26)14-17/h1-9,17H,10-14H2/t17-/m1/s1. The molecular formula is C20H20FNO5S. The van der Waals surface area contributed by atoms with Crippen molar-refractivity contribution in [3.63, 3.8) is 0 Å². The Balaban J connectivity index is 1.68. The molecule has 8 heteroatoms. The highest BCUT2D eigenvalue weighted by Gasteiger charge is 2.35. The number of anilines is 1. The topological polar surface area (TPSA) is 80.8 Å². The van der Waals surface area contributed by atoms with E-state index >= 15 is 0 Å². The minimum Gasteiger partial charge on any atom is -0.455 e.